The molecule has 0 aliphatic rings. The van der Waals surface area contributed by atoms with Crippen LogP contribution in [-0.2, 0) is 0 Å². The number of fused-ring (bicyclic) bond motifs is 1. The molecule has 0 fully saturated rings. The lowest BCUT2D eigenvalue weighted by atomic mass is 10.2. The van der Waals surface area contributed by atoms with E-state index in [0.29, 0.717) is 5.39 Å². The Morgan fingerprint density at radius 1 is 1.31 bits per heavy atom. The summed E-state index contributed by atoms with van der Waals surface area (Å²) in [5, 5.41) is 0.650. The van der Waals surface area contributed by atoms with E-state index in [1.54, 1.807) is 11.8 Å². The summed E-state index contributed by atoms with van der Waals surface area (Å²) in [6, 6.07) is 5.79. The second kappa shape index (κ2) is 3.94. The highest BCUT2D eigenvalue weighted by Crippen LogP contribution is 2.32. The molecule has 0 radical (unpaired) electrons. The van der Waals surface area contributed by atoms with Crippen molar-refractivity contribution in [3.05, 3.63) is 34.9 Å². The zero-order chi connectivity index (χ0) is 11.8. The van der Waals surface area contributed by atoms with Crippen molar-refractivity contribution >= 4 is 22.7 Å². The number of thioether (sulfide) groups is 1. The molecule has 1 heterocycles. The molecule has 84 valence electrons. The van der Waals surface area contributed by atoms with Gasteiger partial charge in [-0.25, -0.2) is 4.98 Å². The molecule has 16 heavy (non-hydrogen) atoms. The molecular formula is C12H14N2OS. The molecule has 1 N–H and O–H groups in total. The number of nitrogens with zero attached hydrogens (tertiary/aromatic N) is 1. The number of nitrogens with one attached hydrogen (secondary N) is 1. The smallest absolute Gasteiger partial charge is 0.258 e. The maximum atomic E-state index is 11.6. The van der Waals surface area contributed by atoms with Gasteiger partial charge in [0.25, 0.3) is 5.56 Å². The van der Waals surface area contributed by atoms with Crippen LogP contribution in [0.2, 0.25) is 0 Å². The number of hydrogen-bond donors (Lipinski definition) is 1. The first-order chi connectivity index (χ1) is 7.46. The standard InChI is InChI=1S/C12H14N2OS/c1-12(2,3)16-8-4-5-10-9(6-8)11(15)14-7-13-10/h4-7H,1-3H3,(H,13,14,15). The Morgan fingerprint density at radius 3 is 2.75 bits per heavy atom. The highest BCUT2D eigenvalue weighted by Gasteiger charge is 2.12. The summed E-state index contributed by atoms with van der Waals surface area (Å²) in [4.78, 5) is 19.4. The van der Waals surface area contributed by atoms with E-state index in [2.05, 4.69) is 30.7 Å². The van der Waals surface area contributed by atoms with Gasteiger partial charge in [-0.2, -0.15) is 0 Å². The van der Waals surface area contributed by atoms with Crippen molar-refractivity contribution in [2.24, 2.45) is 0 Å². The molecule has 3 nitrogen and oxygen atoms in total. The van der Waals surface area contributed by atoms with Crippen LogP contribution in [0.25, 0.3) is 10.9 Å². The fraction of sp³-hybridized carbons (Fsp3) is 0.333. The van der Waals surface area contributed by atoms with Crippen molar-refractivity contribution in [3.8, 4) is 0 Å². The number of aromatic amines is 1. The molecule has 0 atom stereocenters. The predicted molar refractivity (Wildman–Crippen MR) is 68.0 cm³/mol. The minimum Gasteiger partial charge on any atom is -0.313 e. The number of aromatic nitrogens is 2. The molecule has 1 aromatic carbocycles. The lowest BCUT2D eigenvalue weighted by Crippen LogP contribution is -2.08. The van der Waals surface area contributed by atoms with E-state index in [-0.39, 0.29) is 10.3 Å². The van der Waals surface area contributed by atoms with Gasteiger partial charge >= 0.3 is 0 Å². The van der Waals surface area contributed by atoms with Crippen LogP contribution in [0.3, 0.4) is 0 Å². The van der Waals surface area contributed by atoms with Crippen molar-refractivity contribution < 1.29 is 0 Å². The van der Waals surface area contributed by atoms with Gasteiger partial charge < -0.3 is 4.98 Å². The van der Waals surface area contributed by atoms with Crippen LogP contribution >= 0.6 is 11.8 Å². The van der Waals surface area contributed by atoms with Gasteiger partial charge in [0.2, 0.25) is 0 Å². The fourth-order valence-electron chi connectivity index (χ4n) is 1.46. The average molecular weight is 234 g/mol. The van der Waals surface area contributed by atoms with Gasteiger partial charge in [0.15, 0.2) is 0 Å². The predicted octanol–water partition coefficient (Wildman–Crippen LogP) is 2.81. The first-order valence-corrected chi connectivity index (χ1v) is 5.94. The third-order valence-corrected chi connectivity index (χ3v) is 3.14. The molecule has 0 amide bonds. The third kappa shape index (κ3) is 2.44. The van der Waals surface area contributed by atoms with Crippen LogP contribution in [0, 0.1) is 0 Å². The van der Waals surface area contributed by atoms with Crippen LogP contribution in [0.5, 0.6) is 0 Å². The minimum atomic E-state index is -0.0821. The Kier molecular flexibility index (Phi) is 2.76. The second-order valence-corrected chi connectivity index (χ2v) is 6.53. The highest BCUT2D eigenvalue weighted by atomic mass is 32.2. The Hall–Kier alpha value is -1.29. The van der Waals surface area contributed by atoms with Gasteiger partial charge in [-0.15, -0.1) is 11.8 Å². The molecule has 0 aliphatic heterocycles. The molecule has 2 rings (SSSR count). The van der Waals surface area contributed by atoms with Crippen molar-refractivity contribution in [2.45, 2.75) is 30.4 Å². The molecule has 0 aliphatic carbocycles. The summed E-state index contributed by atoms with van der Waals surface area (Å²) in [5.74, 6) is 0. The SMILES string of the molecule is CC(C)(C)Sc1ccc2nc[nH]c(=O)c2c1. The largest absolute Gasteiger partial charge is 0.313 e. The Morgan fingerprint density at radius 2 is 2.06 bits per heavy atom. The second-order valence-electron chi connectivity index (χ2n) is 4.63. The molecule has 0 saturated carbocycles. The maximum absolute atomic E-state index is 11.6. The normalized spacial score (nSPS) is 11.9. The van der Waals surface area contributed by atoms with Gasteiger partial charge in [-0.05, 0) is 18.2 Å². The molecule has 1 aromatic heterocycles. The molecule has 2 aromatic rings. The Balaban J connectivity index is 2.52. The number of H-pyrrole nitrogens is 1. The monoisotopic (exact) mass is 234 g/mol. The molecular weight excluding hydrogens is 220 g/mol. The van der Waals surface area contributed by atoms with Crippen molar-refractivity contribution in [2.75, 3.05) is 0 Å². The summed E-state index contributed by atoms with van der Waals surface area (Å²) < 4.78 is 0.142. The molecule has 0 spiro atoms. The zero-order valence-corrected chi connectivity index (χ0v) is 10.4. The first kappa shape index (κ1) is 11.2. The summed E-state index contributed by atoms with van der Waals surface area (Å²) in [6.07, 6.45) is 1.43. The number of hydrogen-bond acceptors (Lipinski definition) is 3. The minimum absolute atomic E-state index is 0.0821. The van der Waals surface area contributed by atoms with E-state index in [9.17, 15) is 4.79 Å². The van der Waals surface area contributed by atoms with Crippen LogP contribution in [0.4, 0.5) is 0 Å². The van der Waals surface area contributed by atoms with Crippen LogP contribution < -0.4 is 5.56 Å². The van der Waals surface area contributed by atoms with Gasteiger partial charge in [-0.3, -0.25) is 4.79 Å². The summed E-state index contributed by atoms with van der Waals surface area (Å²) in [7, 11) is 0. The average Bonchev–Trinajstić information content (AvgIpc) is 2.17. The molecule has 0 bridgehead atoms. The zero-order valence-electron chi connectivity index (χ0n) is 9.57. The van der Waals surface area contributed by atoms with Crippen LogP contribution in [0.1, 0.15) is 20.8 Å². The van der Waals surface area contributed by atoms with Crippen molar-refractivity contribution in [3.63, 3.8) is 0 Å². The van der Waals surface area contributed by atoms with E-state index in [1.165, 1.54) is 6.33 Å². The van der Waals surface area contributed by atoms with Crippen molar-refractivity contribution in [1.82, 2.24) is 9.97 Å². The topological polar surface area (TPSA) is 45.8 Å². The lowest BCUT2D eigenvalue weighted by Gasteiger charge is -2.17. The van der Waals surface area contributed by atoms with Crippen LogP contribution in [-0.4, -0.2) is 14.7 Å². The fourth-order valence-corrected chi connectivity index (χ4v) is 2.48. The van der Waals surface area contributed by atoms with Gasteiger partial charge in [0.1, 0.15) is 0 Å². The third-order valence-electron chi connectivity index (χ3n) is 2.04. The summed E-state index contributed by atoms with van der Waals surface area (Å²) >= 11 is 1.74. The van der Waals surface area contributed by atoms with Gasteiger partial charge in [-0.1, -0.05) is 20.8 Å². The Bertz CT molecular complexity index is 569. The van der Waals surface area contributed by atoms with Gasteiger partial charge in [0.05, 0.1) is 17.2 Å². The van der Waals surface area contributed by atoms with E-state index >= 15 is 0 Å². The molecule has 4 heteroatoms. The number of benzene rings is 1. The van der Waals surface area contributed by atoms with Crippen LogP contribution in [0.15, 0.2) is 34.2 Å². The quantitative estimate of drug-likeness (QED) is 0.772. The lowest BCUT2D eigenvalue weighted by molar-refractivity contribution is 0.803. The van der Waals surface area contributed by atoms with Crippen molar-refractivity contribution in [1.29, 1.82) is 0 Å². The first-order valence-electron chi connectivity index (χ1n) is 5.12. The molecule has 0 unspecified atom stereocenters. The molecule has 0 saturated heterocycles. The maximum Gasteiger partial charge on any atom is 0.258 e. The number of rotatable bonds is 1. The van der Waals surface area contributed by atoms with E-state index in [0.717, 1.165) is 10.4 Å². The van der Waals surface area contributed by atoms with E-state index in [1.807, 2.05) is 18.2 Å². The van der Waals surface area contributed by atoms with E-state index in [4.69, 9.17) is 0 Å². The Labute approximate surface area is 98.3 Å². The summed E-state index contributed by atoms with van der Waals surface area (Å²) in [6.45, 7) is 6.44. The summed E-state index contributed by atoms with van der Waals surface area (Å²) in [5.41, 5.74) is 0.656. The van der Waals surface area contributed by atoms with Gasteiger partial charge in [0, 0.05) is 9.64 Å². The van der Waals surface area contributed by atoms with E-state index < -0.39 is 0 Å². The highest BCUT2D eigenvalue weighted by molar-refractivity contribution is 8.00.